The Morgan fingerprint density at radius 2 is 1.92 bits per heavy atom. The monoisotopic (exact) mass is 362 g/mol. The molecule has 1 N–H and O–H groups in total. The van der Waals surface area contributed by atoms with Crippen molar-refractivity contribution in [2.75, 3.05) is 5.32 Å². The van der Waals surface area contributed by atoms with E-state index in [2.05, 4.69) is 27.9 Å². The molecule has 0 unspecified atom stereocenters. The lowest BCUT2D eigenvalue weighted by Crippen LogP contribution is -2.11. The minimum absolute atomic E-state index is 0.154. The Kier molecular flexibility index (Phi) is 4.26. The number of aromatic nitrogens is 3. The van der Waals surface area contributed by atoms with E-state index in [0.29, 0.717) is 10.7 Å². The van der Waals surface area contributed by atoms with Crippen molar-refractivity contribution in [3.05, 3.63) is 65.2 Å². The third-order valence-electron chi connectivity index (χ3n) is 4.15. The maximum absolute atomic E-state index is 12.5. The van der Waals surface area contributed by atoms with E-state index in [1.54, 1.807) is 6.07 Å². The molecule has 0 spiro atoms. The van der Waals surface area contributed by atoms with Crippen molar-refractivity contribution in [3.63, 3.8) is 0 Å². The van der Waals surface area contributed by atoms with E-state index in [-0.39, 0.29) is 5.91 Å². The molecule has 0 bridgehead atoms. The molecule has 4 rings (SSSR count). The predicted octanol–water partition coefficient (Wildman–Crippen LogP) is 4.74. The van der Waals surface area contributed by atoms with Gasteiger partial charge in [-0.25, -0.2) is 9.97 Å². The number of thiophene rings is 1. The highest BCUT2D eigenvalue weighted by Crippen LogP contribution is 2.30. The molecule has 4 aromatic rings. The van der Waals surface area contributed by atoms with Gasteiger partial charge >= 0.3 is 0 Å². The second kappa shape index (κ2) is 6.72. The number of rotatable bonds is 4. The number of aryl methyl sites for hydroxylation is 2. The topological polar surface area (TPSA) is 59.8 Å². The van der Waals surface area contributed by atoms with Gasteiger partial charge in [0.15, 0.2) is 5.82 Å². The van der Waals surface area contributed by atoms with E-state index in [4.69, 9.17) is 4.98 Å². The van der Waals surface area contributed by atoms with Crippen molar-refractivity contribution >= 4 is 34.1 Å². The first-order valence-electron chi connectivity index (χ1n) is 8.46. The fraction of sp³-hybridized carbons (Fsp3) is 0.150. The number of carbonyl (C=O) groups is 1. The first-order valence-corrected chi connectivity index (χ1v) is 9.28. The van der Waals surface area contributed by atoms with Crippen LogP contribution in [0.2, 0.25) is 0 Å². The second-order valence-corrected chi connectivity index (χ2v) is 7.03. The van der Waals surface area contributed by atoms with Gasteiger partial charge in [0.2, 0.25) is 0 Å². The van der Waals surface area contributed by atoms with Crippen LogP contribution in [0.1, 0.15) is 22.3 Å². The van der Waals surface area contributed by atoms with Crippen LogP contribution in [0.15, 0.2) is 54.6 Å². The number of hydrogen-bond acceptors (Lipinski definition) is 4. The first kappa shape index (κ1) is 16.5. The fourth-order valence-electron chi connectivity index (χ4n) is 2.95. The van der Waals surface area contributed by atoms with Crippen LogP contribution in [0.25, 0.3) is 21.7 Å². The molecule has 6 heteroatoms. The minimum atomic E-state index is -0.154. The standard InChI is InChI=1S/C20H18N4OS/c1-3-24-15-9-5-4-8-14(15)22-19(24)16-11-12-17(26-16)20(25)23-18-10-6-7-13(2)21-18/h4-12H,3H2,1-2H3,(H,21,23,25). The van der Waals surface area contributed by atoms with Gasteiger partial charge in [-0.2, -0.15) is 0 Å². The molecular weight excluding hydrogens is 344 g/mol. The Morgan fingerprint density at radius 3 is 2.73 bits per heavy atom. The lowest BCUT2D eigenvalue weighted by molar-refractivity contribution is 0.103. The number of amides is 1. The fourth-order valence-corrected chi connectivity index (χ4v) is 3.85. The van der Waals surface area contributed by atoms with E-state index in [1.807, 2.05) is 49.4 Å². The Hall–Kier alpha value is -2.99. The van der Waals surface area contributed by atoms with Crippen LogP contribution in [-0.4, -0.2) is 20.4 Å². The number of benzene rings is 1. The van der Waals surface area contributed by atoms with Crippen LogP contribution < -0.4 is 5.32 Å². The molecular formula is C20H18N4OS. The summed E-state index contributed by atoms with van der Waals surface area (Å²) in [6.45, 7) is 4.82. The van der Waals surface area contributed by atoms with E-state index in [0.717, 1.165) is 34.0 Å². The zero-order valence-electron chi connectivity index (χ0n) is 14.6. The largest absolute Gasteiger partial charge is 0.324 e. The van der Waals surface area contributed by atoms with E-state index in [1.165, 1.54) is 11.3 Å². The molecule has 0 aliphatic heterocycles. The molecule has 0 atom stereocenters. The molecule has 26 heavy (non-hydrogen) atoms. The van der Waals surface area contributed by atoms with Gasteiger partial charge in [-0.1, -0.05) is 18.2 Å². The number of para-hydroxylation sites is 2. The van der Waals surface area contributed by atoms with E-state index >= 15 is 0 Å². The lowest BCUT2D eigenvalue weighted by atomic mass is 10.3. The van der Waals surface area contributed by atoms with Gasteiger partial charge in [-0.3, -0.25) is 4.79 Å². The molecule has 0 saturated heterocycles. The number of fused-ring (bicyclic) bond motifs is 1. The molecule has 0 radical (unpaired) electrons. The summed E-state index contributed by atoms with van der Waals surface area (Å²) >= 11 is 1.44. The Bertz CT molecular complexity index is 1100. The maximum Gasteiger partial charge on any atom is 0.266 e. The average Bonchev–Trinajstić information content (AvgIpc) is 3.26. The van der Waals surface area contributed by atoms with Gasteiger partial charge in [0, 0.05) is 12.2 Å². The van der Waals surface area contributed by atoms with E-state index < -0.39 is 0 Å². The molecule has 3 aromatic heterocycles. The van der Waals surface area contributed by atoms with Gasteiger partial charge in [-0.15, -0.1) is 11.3 Å². The molecule has 0 aliphatic carbocycles. The van der Waals surface area contributed by atoms with Crippen LogP contribution in [0, 0.1) is 6.92 Å². The van der Waals surface area contributed by atoms with Gasteiger partial charge in [0.25, 0.3) is 5.91 Å². The Labute approximate surface area is 155 Å². The van der Waals surface area contributed by atoms with E-state index in [9.17, 15) is 4.79 Å². The number of hydrogen-bond donors (Lipinski definition) is 1. The molecule has 3 heterocycles. The number of imidazole rings is 1. The number of nitrogens with zero attached hydrogens (tertiary/aromatic N) is 3. The van der Waals surface area contributed by atoms with Crippen molar-refractivity contribution in [2.45, 2.75) is 20.4 Å². The first-order chi connectivity index (χ1) is 12.7. The highest BCUT2D eigenvalue weighted by atomic mass is 32.1. The van der Waals surface area contributed by atoms with Crippen molar-refractivity contribution < 1.29 is 4.79 Å². The molecule has 0 aliphatic rings. The van der Waals surface area contributed by atoms with Gasteiger partial charge in [0.1, 0.15) is 5.82 Å². The van der Waals surface area contributed by atoms with Crippen molar-refractivity contribution in [1.82, 2.24) is 14.5 Å². The predicted molar refractivity (Wildman–Crippen MR) is 106 cm³/mol. The van der Waals surface area contributed by atoms with Crippen molar-refractivity contribution in [2.24, 2.45) is 0 Å². The van der Waals surface area contributed by atoms with Crippen molar-refractivity contribution in [1.29, 1.82) is 0 Å². The molecule has 5 nitrogen and oxygen atoms in total. The summed E-state index contributed by atoms with van der Waals surface area (Å²) < 4.78 is 2.17. The summed E-state index contributed by atoms with van der Waals surface area (Å²) in [6.07, 6.45) is 0. The summed E-state index contributed by atoms with van der Waals surface area (Å²) in [7, 11) is 0. The number of anilines is 1. The number of pyridine rings is 1. The SMILES string of the molecule is CCn1c(-c2ccc(C(=O)Nc3cccc(C)n3)s2)nc2ccccc21. The third kappa shape index (κ3) is 2.99. The van der Waals surface area contributed by atoms with Crippen LogP contribution in [-0.2, 0) is 6.54 Å². The molecule has 1 aromatic carbocycles. The zero-order chi connectivity index (χ0) is 18.1. The second-order valence-electron chi connectivity index (χ2n) is 5.95. The van der Waals surface area contributed by atoms with Gasteiger partial charge in [0.05, 0.1) is 20.8 Å². The summed E-state index contributed by atoms with van der Waals surface area (Å²) in [5.74, 6) is 1.30. The summed E-state index contributed by atoms with van der Waals surface area (Å²) in [6, 6.07) is 17.4. The Balaban J connectivity index is 1.65. The zero-order valence-corrected chi connectivity index (χ0v) is 15.4. The molecule has 0 saturated carbocycles. The average molecular weight is 362 g/mol. The highest BCUT2D eigenvalue weighted by Gasteiger charge is 2.16. The lowest BCUT2D eigenvalue weighted by Gasteiger charge is -2.04. The highest BCUT2D eigenvalue weighted by molar-refractivity contribution is 7.17. The summed E-state index contributed by atoms with van der Waals surface area (Å²) in [4.78, 5) is 23.2. The normalized spacial score (nSPS) is 11.0. The van der Waals surface area contributed by atoms with Crippen LogP contribution in [0.4, 0.5) is 5.82 Å². The molecule has 130 valence electrons. The van der Waals surface area contributed by atoms with Gasteiger partial charge in [-0.05, 0) is 50.2 Å². The smallest absolute Gasteiger partial charge is 0.266 e. The maximum atomic E-state index is 12.5. The third-order valence-corrected chi connectivity index (χ3v) is 5.23. The van der Waals surface area contributed by atoms with Gasteiger partial charge < -0.3 is 9.88 Å². The van der Waals surface area contributed by atoms with Crippen molar-refractivity contribution in [3.8, 4) is 10.7 Å². The van der Waals surface area contributed by atoms with Crippen LogP contribution >= 0.6 is 11.3 Å². The number of nitrogens with one attached hydrogen (secondary N) is 1. The molecule has 0 fully saturated rings. The number of carbonyl (C=O) groups excluding carboxylic acids is 1. The quantitative estimate of drug-likeness (QED) is 0.570. The minimum Gasteiger partial charge on any atom is -0.324 e. The Morgan fingerprint density at radius 1 is 1.08 bits per heavy atom. The summed E-state index contributed by atoms with van der Waals surface area (Å²) in [5, 5.41) is 2.85. The summed E-state index contributed by atoms with van der Waals surface area (Å²) in [5.41, 5.74) is 2.94. The molecule has 1 amide bonds. The van der Waals surface area contributed by atoms with Crippen LogP contribution in [0.3, 0.4) is 0 Å². The van der Waals surface area contributed by atoms with Crippen LogP contribution in [0.5, 0.6) is 0 Å².